The van der Waals surface area contributed by atoms with Gasteiger partial charge in [-0.25, -0.2) is 13.1 Å². The van der Waals surface area contributed by atoms with E-state index in [4.69, 9.17) is 5.11 Å². The lowest BCUT2D eigenvalue weighted by molar-refractivity contribution is 0.299. The van der Waals surface area contributed by atoms with Gasteiger partial charge in [0.1, 0.15) is 0 Å². The summed E-state index contributed by atoms with van der Waals surface area (Å²) in [6.07, 6.45) is 3.52. The zero-order valence-corrected chi connectivity index (χ0v) is 10.4. The summed E-state index contributed by atoms with van der Waals surface area (Å²) >= 11 is 0. The van der Waals surface area contributed by atoms with Crippen LogP contribution in [0.15, 0.2) is 29.2 Å². The minimum atomic E-state index is -3.36. The van der Waals surface area contributed by atoms with Crippen LogP contribution < -0.4 is 4.72 Å². The van der Waals surface area contributed by atoms with Gasteiger partial charge in [0.05, 0.1) is 4.90 Å². The molecule has 17 heavy (non-hydrogen) atoms. The molecule has 0 saturated heterocycles. The number of hydrogen-bond acceptors (Lipinski definition) is 3. The van der Waals surface area contributed by atoms with Gasteiger partial charge in [-0.3, -0.25) is 0 Å². The van der Waals surface area contributed by atoms with Crippen LogP contribution in [-0.4, -0.2) is 26.2 Å². The van der Waals surface area contributed by atoms with Crippen molar-refractivity contribution in [1.29, 1.82) is 0 Å². The summed E-state index contributed by atoms with van der Waals surface area (Å²) in [5, 5.41) is 8.78. The highest BCUT2D eigenvalue weighted by atomic mass is 32.2. The Morgan fingerprint density at radius 1 is 1.24 bits per heavy atom. The Bertz CT molecular complexity index is 463. The molecule has 2 rings (SSSR count). The molecule has 0 aliphatic heterocycles. The topological polar surface area (TPSA) is 66.4 Å². The van der Waals surface area contributed by atoms with Crippen LogP contribution in [-0.2, 0) is 16.4 Å². The van der Waals surface area contributed by atoms with E-state index in [0.29, 0.717) is 11.3 Å². The smallest absolute Gasteiger partial charge is 0.240 e. The molecule has 1 aliphatic rings. The molecular formula is C12H17NO3S. The molecule has 1 aliphatic carbocycles. The van der Waals surface area contributed by atoms with E-state index in [1.165, 1.54) is 0 Å². The second kappa shape index (κ2) is 5.16. The quantitative estimate of drug-likeness (QED) is 0.826. The van der Waals surface area contributed by atoms with Crippen LogP contribution in [0.1, 0.15) is 24.8 Å². The van der Waals surface area contributed by atoms with Crippen molar-refractivity contribution in [3.05, 3.63) is 29.8 Å². The fraction of sp³-hybridized carbons (Fsp3) is 0.500. The summed E-state index contributed by atoms with van der Waals surface area (Å²) < 4.78 is 26.6. The molecule has 5 heteroatoms. The number of rotatable bonds is 5. The third kappa shape index (κ3) is 3.06. The Labute approximate surface area is 102 Å². The fourth-order valence-corrected chi connectivity index (χ4v) is 3.08. The molecule has 4 nitrogen and oxygen atoms in total. The van der Waals surface area contributed by atoms with Crippen molar-refractivity contribution in [2.45, 2.75) is 36.6 Å². The second-order valence-electron chi connectivity index (χ2n) is 4.37. The second-order valence-corrected chi connectivity index (χ2v) is 6.08. The third-order valence-electron chi connectivity index (χ3n) is 3.06. The normalized spacial score (nSPS) is 16.8. The molecule has 0 aromatic heterocycles. The molecule has 0 radical (unpaired) electrons. The van der Waals surface area contributed by atoms with Crippen LogP contribution >= 0.6 is 0 Å². The highest BCUT2D eigenvalue weighted by molar-refractivity contribution is 7.89. The van der Waals surface area contributed by atoms with Gasteiger partial charge >= 0.3 is 0 Å². The van der Waals surface area contributed by atoms with Gasteiger partial charge in [-0.1, -0.05) is 18.6 Å². The highest BCUT2D eigenvalue weighted by Crippen LogP contribution is 2.21. The summed E-state index contributed by atoms with van der Waals surface area (Å²) in [6.45, 7) is 0.0758. The number of sulfonamides is 1. The first-order valence-electron chi connectivity index (χ1n) is 5.84. The summed E-state index contributed by atoms with van der Waals surface area (Å²) in [4.78, 5) is 0.297. The molecule has 1 aromatic carbocycles. The Morgan fingerprint density at radius 3 is 2.35 bits per heavy atom. The van der Waals surface area contributed by atoms with E-state index in [0.717, 1.165) is 24.8 Å². The molecule has 2 N–H and O–H groups in total. The van der Waals surface area contributed by atoms with Gasteiger partial charge in [-0.15, -0.1) is 0 Å². The Balaban J connectivity index is 2.09. The predicted octanol–water partition coefficient (Wildman–Crippen LogP) is 1.05. The summed E-state index contributed by atoms with van der Waals surface area (Å²) in [5.74, 6) is 0. The maximum absolute atomic E-state index is 11.9. The molecule has 0 amide bonds. The Hall–Kier alpha value is -0.910. The van der Waals surface area contributed by atoms with Gasteiger partial charge in [0.2, 0.25) is 10.0 Å². The zero-order valence-electron chi connectivity index (χ0n) is 9.59. The van der Waals surface area contributed by atoms with E-state index in [1.807, 2.05) is 0 Å². The van der Waals surface area contributed by atoms with E-state index in [1.54, 1.807) is 24.3 Å². The molecule has 1 saturated carbocycles. The van der Waals surface area contributed by atoms with E-state index in [-0.39, 0.29) is 12.6 Å². The largest absolute Gasteiger partial charge is 0.396 e. The molecule has 0 unspecified atom stereocenters. The van der Waals surface area contributed by atoms with Crippen molar-refractivity contribution < 1.29 is 13.5 Å². The van der Waals surface area contributed by atoms with Crippen molar-refractivity contribution in [3.8, 4) is 0 Å². The molecule has 0 bridgehead atoms. The van der Waals surface area contributed by atoms with E-state index >= 15 is 0 Å². The maximum Gasteiger partial charge on any atom is 0.240 e. The number of aliphatic hydroxyl groups excluding tert-OH is 1. The standard InChI is InChI=1S/C12H17NO3S/c14-9-8-10-4-6-12(7-5-10)17(15,16)13-11-2-1-3-11/h4-7,11,13-14H,1-3,8-9H2. The number of hydrogen-bond donors (Lipinski definition) is 2. The van der Waals surface area contributed by atoms with Crippen LogP contribution in [0.2, 0.25) is 0 Å². The average molecular weight is 255 g/mol. The lowest BCUT2D eigenvalue weighted by Crippen LogP contribution is -2.39. The molecule has 0 spiro atoms. The zero-order chi connectivity index (χ0) is 12.3. The monoisotopic (exact) mass is 255 g/mol. The van der Waals surface area contributed by atoms with E-state index in [9.17, 15) is 8.42 Å². The number of aliphatic hydroxyl groups is 1. The third-order valence-corrected chi connectivity index (χ3v) is 4.60. The lowest BCUT2D eigenvalue weighted by Gasteiger charge is -2.26. The molecule has 1 fully saturated rings. The van der Waals surface area contributed by atoms with Gasteiger partial charge in [0.15, 0.2) is 0 Å². The van der Waals surface area contributed by atoms with E-state index in [2.05, 4.69) is 4.72 Å². The fourth-order valence-electron chi connectivity index (χ4n) is 1.78. The number of nitrogens with one attached hydrogen (secondary N) is 1. The van der Waals surface area contributed by atoms with Crippen molar-refractivity contribution in [2.24, 2.45) is 0 Å². The first-order valence-corrected chi connectivity index (χ1v) is 7.32. The van der Waals surface area contributed by atoms with Crippen molar-refractivity contribution >= 4 is 10.0 Å². The highest BCUT2D eigenvalue weighted by Gasteiger charge is 2.24. The minimum absolute atomic E-state index is 0.0758. The number of benzene rings is 1. The Kier molecular flexibility index (Phi) is 3.81. The predicted molar refractivity (Wildman–Crippen MR) is 65.2 cm³/mol. The first-order chi connectivity index (χ1) is 8.12. The van der Waals surface area contributed by atoms with Crippen LogP contribution in [0.4, 0.5) is 0 Å². The van der Waals surface area contributed by atoms with Gasteiger partial charge in [-0.05, 0) is 37.0 Å². The van der Waals surface area contributed by atoms with E-state index < -0.39 is 10.0 Å². The van der Waals surface area contributed by atoms with Gasteiger partial charge < -0.3 is 5.11 Å². The molecule has 1 aromatic rings. The van der Waals surface area contributed by atoms with Gasteiger partial charge in [0.25, 0.3) is 0 Å². The average Bonchev–Trinajstić information content (AvgIpc) is 2.25. The molecule has 0 heterocycles. The van der Waals surface area contributed by atoms with Crippen LogP contribution in [0, 0.1) is 0 Å². The van der Waals surface area contributed by atoms with Crippen molar-refractivity contribution in [1.82, 2.24) is 4.72 Å². The van der Waals surface area contributed by atoms with Gasteiger partial charge in [0, 0.05) is 12.6 Å². The molecular weight excluding hydrogens is 238 g/mol. The molecule has 0 atom stereocenters. The van der Waals surface area contributed by atoms with Crippen molar-refractivity contribution in [3.63, 3.8) is 0 Å². The first kappa shape index (κ1) is 12.5. The molecule has 94 valence electrons. The Morgan fingerprint density at radius 2 is 1.88 bits per heavy atom. The summed E-state index contributed by atoms with van der Waals surface area (Å²) in [6, 6.07) is 6.77. The van der Waals surface area contributed by atoms with Crippen molar-refractivity contribution in [2.75, 3.05) is 6.61 Å². The van der Waals surface area contributed by atoms with Crippen LogP contribution in [0.25, 0.3) is 0 Å². The summed E-state index contributed by atoms with van der Waals surface area (Å²) in [5.41, 5.74) is 0.940. The summed E-state index contributed by atoms with van der Waals surface area (Å²) in [7, 11) is -3.36. The van der Waals surface area contributed by atoms with Gasteiger partial charge in [-0.2, -0.15) is 0 Å². The minimum Gasteiger partial charge on any atom is -0.396 e. The maximum atomic E-state index is 11.9. The van der Waals surface area contributed by atoms with Crippen LogP contribution in [0.3, 0.4) is 0 Å². The SMILES string of the molecule is O=S(=O)(NC1CCC1)c1ccc(CCO)cc1. The van der Waals surface area contributed by atoms with Crippen LogP contribution in [0.5, 0.6) is 0 Å². The lowest BCUT2D eigenvalue weighted by atomic mass is 9.94.